The van der Waals surface area contributed by atoms with Gasteiger partial charge < -0.3 is 14.2 Å². The number of para-hydroxylation sites is 1. The molecule has 0 saturated carbocycles. The number of amides is 1. The molecule has 2 heterocycles. The molecule has 6 heteroatoms. The third-order valence-electron chi connectivity index (χ3n) is 5.33. The molecule has 0 unspecified atom stereocenters. The molecule has 1 fully saturated rings. The van der Waals surface area contributed by atoms with Gasteiger partial charge in [0.1, 0.15) is 17.9 Å². The van der Waals surface area contributed by atoms with Crippen LogP contribution in [0.25, 0.3) is 0 Å². The van der Waals surface area contributed by atoms with Gasteiger partial charge in [0.25, 0.3) is 0 Å². The molecule has 2 aliphatic rings. The molecular formula is C21H21NO5. The molecule has 0 N–H and O–H groups in total. The third-order valence-corrected chi connectivity index (χ3v) is 5.33. The highest BCUT2D eigenvalue weighted by Gasteiger charge is 2.49. The molecular weight excluding hydrogens is 346 g/mol. The minimum Gasteiger partial charge on any atom is -0.497 e. The molecule has 6 nitrogen and oxygen atoms in total. The summed E-state index contributed by atoms with van der Waals surface area (Å²) in [5, 5.41) is 0. The predicted octanol–water partition coefficient (Wildman–Crippen LogP) is 2.86. The van der Waals surface area contributed by atoms with Gasteiger partial charge in [-0.15, -0.1) is 0 Å². The molecule has 1 saturated heterocycles. The van der Waals surface area contributed by atoms with Crippen LogP contribution in [0, 0.1) is 5.92 Å². The van der Waals surface area contributed by atoms with Gasteiger partial charge in [0.2, 0.25) is 5.91 Å². The number of hydrogen-bond acceptors (Lipinski definition) is 5. The van der Waals surface area contributed by atoms with Gasteiger partial charge in [0.05, 0.1) is 26.5 Å². The Morgan fingerprint density at radius 2 is 1.85 bits per heavy atom. The van der Waals surface area contributed by atoms with E-state index in [1.807, 2.05) is 48.5 Å². The first-order chi connectivity index (χ1) is 13.1. The van der Waals surface area contributed by atoms with Crippen molar-refractivity contribution < 1.29 is 23.8 Å². The summed E-state index contributed by atoms with van der Waals surface area (Å²) in [5.41, 5.74) is 2.64. The van der Waals surface area contributed by atoms with Crippen LogP contribution in [0.2, 0.25) is 0 Å². The Morgan fingerprint density at radius 3 is 2.56 bits per heavy atom. The average molecular weight is 367 g/mol. The zero-order valence-electron chi connectivity index (χ0n) is 15.3. The zero-order chi connectivity index (χ0) is 19.0. The summed E-state index contributed by atoms with van der Waals surface area (Å²) >= 11 is 0. The topological polar surface area (TPSA) is 65.1 Å². The van der Waals surface area contributed by atoms with Crippen molar-refractivity contribution in [2.45, 2.75) is 25.2 Å². The van der Waals surface area contributed by atoms with E-state index in [0.29, 0.717) is 13.0 Å². The van der Waals surface area contributed by atoms with Crippen LogP contribution in [-0.2, 0) is 25.7 Å². The predicted molar refractivity (Wildman–Crippen MR) is 98.4 cm³/mol. The van der Waals surface area contributed by atoms with E-state index in [1.165, 1.54) is 7.11 Å². The second-order valence-corrected chi connectivity index (χ2v) is 6.72. The monoisotopic (exact) mass is 367 g/mol. The van der Waals surface area contributed by atoms with Crippen LogP contribution >= 0.6 is 0 Å². The van der Waals surface area contributed by atoms with Crippen molar-refractivity contribution in [2.75, 3.05) is 19.1 Å². The van der Waals surface area contributed by atoms with E-state index < -0.39 is 18.1 Å². The summed E-state index contributed by atoms with van der Waals surface area (Å²) in [6.45, 7) is 0.447. The third kappa shape index (κ3) is 2.96. The highest BCUT2D eigenvalue weighted by Crippen LogP contribution is 2.43. The van der Waals surface area contributed by atoms with Crippen LogP contribution < -0.4 is 9.64 Å². The second kappa shape index (κ2) is 7.04. The first kappa shape index (κ1) is 17.5. The van der Waals surface area contributed by atoms with Crippen LogP contribution in [0.4, 0.5) is 5.69 Å². The summed E-state index contributed by atoms with van der Waals surface area (Å²) in [6.07, 6.45) is 0.118. The number of piperidine rings is 1. The van der Waals surface area contributed by atoms with E-state index in [1.54, 1.807) is 12.0 Å². The van der Waals surface area contributed by atoms with Crippen LogP contribution in [0.15, 0.2) is 48.5 Å². The highest BCUT2D eigenvalue weighted by molar-refractivity contribution is 6.08. The Morgan fingerprint density at radius 1 is 1.11 bits per heavy atom. The minimum absolute atomic E-state index is 0.286. The fourth-order valence-electron chi connectivity index (χ4n) is 3.96. The summed E-state index contributed by atoms with van der Waals surface area (Å²) in [5.74, 6) is -1.31. The van der Waals surface area contributed by atoms with Gasteiger partial charge in [-0.2, -0.15) is 0 Å². The van der Waals surface area contributed by atoms with E-state index in [9.17, 15) is 9.59 Å². The van der Waals surface area contributed by atoms with Crippen LogP contribution in [0.5, 0.6) is 5.75 Å². The molecule has 2 aliphatic heterocycles. The Kier molecular flexibility index (Phi) is 4.58. The van der Waals surface area contributed by atoms with Crippen LogP contribution in [0.3, 0.4) is 0 Å². The fraction of sp³-hybridized carbons (Fsp3) is 0.333. The molecule has 0 aliphatic carbocycles. The number of rotatable bonds is 3. The standard InChI is InChI=1S/C21H21NO5/c1-25-15-9-7-13(8-10-15)16-11-18-22(20(23)19(16)21(24)26-2)17-6-4-3-5-14(17)12-27-18/h3-10,16,18-19H,11-12H2,1-2H3/t16-,18-,19-/m1/s1. The van der Waals surface area contributed by atoms with Gasteiger partial charge in [-0.25, -0.2) is 0 Å². The number of carbonyl (C=O) groups is 2. The Hall–Kier alpha value is -2.86. The van der Waals surface area contributed by atoms with Crippen molar-refractivity contribution >= 4 is 17.6 Å². The quantitative estimate of drug-likeness (QED) is 0.617. The minimum atomic E-state index is -0.908. The fourth-order valence-corrected chi connectivity index (χ4v) is 3.96. The van der Waals surface area contributed by atoms with Crippen molar-refractivity contribution in [3.8, 4) is 5.75 Å². The number of nitrogens with zero attached hydrogens (tertiary/aromatic N) is 1. The Labute approximate surface area is 157 Å². The van der Waals surface area contributed by atoms with Gasteiger partial charge >= 0.3 is 5.97 Å². The van der Waals surface area contributed by atoms with E-state index in [2.05, 4.69) is 0 Å². The molecule has 2 aromatic carbocycles. The first-order valence-electron chi connectivity index (χ1n) is 8.88. The normalized spacial score (nSPS) is 24.0. The summed E-state index contributed by atoms with van der Waals surface area (Å²) in [7, 11) is 2.91. The number of ether oxygens (including phenoxy) is 3. The van der Waals surface area contributed by atoms with Gasteiger partial charge in [-0.3, -0.25) is 14.5 Å². The van der Waals surface area contributed by atoms with Crippen molar-refractivity contribution in [1.29, 1.82) is 0 Å². The molecule has 0 radical (unpaired) electrons. The number of hydrogen-bond donors (Lipinski definition) is 0. The number of fused-ring (bicyclic) bond motifs is 3. The van der Waals surface area contributed by atoms with E-state index >= 15 is 0 Å². The van der Waals surface area contributed by atoms with Gasteiger partial charge in [0.15, 0.2) is 0 Å². The Balaban J connectivity index is 1.74. The van der Waals surface area contributed by atoms with Gasteiger partial charge in [-0.05, 0) is 23.8 Å². The second-order valence-electron chi connectivity index (χ2n) is 6.72. The summed E-state index contributed by atoms with van der Waals surface area (Å²) in [6, 6.07) is 15.1. The first-order valence-corrected chi connectivity index (χ1v) is 8.88. The lowest BCUT2D eigenvalue weighted by molar-refractivity contribution is -0.154. The maximum atomic E-state index is 13.4. The zero-order valence-corrected chi connectivity index (χ0v) is 15.3. The number of carbonyl (C=O) groups excluding carboxylic acids is 2. The van der Waals surface area contributed by atoms with Crippen molar-refractivity contribution in [3.05, 3.63) is 59.7 Å². The smallest absolute Gasteiger partial charge is 0.318 e. The number of methoxy groups -OCH3 is 2. The van der Waals surface area contributed by atoms with E-state index in [-0.39, 0.29) is 11.8 Å². The van der Waals surface area contributed by atoms with Crippen molar-refractivity contribution in [3.63, 3.8) is 0 Å². The van der Waals surface area contributed by atoms with E-state index in [0.717, 1.165) is 22.6 Å². The van der Waals surface area contributed by atoms with Crippen LogP contribution in [-0.4, -0.2) is 32.3 Å². The van der Waals surface area contributed by atoms with E-state index in [4.69, 9.17) is 14.2 Å². The van der Waals surface area contributed by atoms with Crippen LogP contribution in [0.1, 0.15) is 23.5 Å². The lowest BCUT2D eigenvalue weighted by atomic mass is 9.78. The average Bonchev–Trinajstić information content (AvgIpc) is 2.72. The number of esters is 1. The molecule has 3 atom stereocenters. The summed E-state index contributed by atoms with van der Waals surface area (Å²) < 4.78 is 16.1. The maximum absolute atomic E-state index is 13.4. The Bertz CT molecular complexity index is 863. The molecule has 1 amide bonds. The lowest BCUT2D eigenvalue weighted by Gasteiger charge is -2.45. The number of anilines is 1. The van der Waals surface area contributed by atoms with Gasteiger partial charge in [0, 0.05) is 17.9 Å². The largest absolute Gasteiger partial charge is 0.497 e. The SMILES string of the molecule is COC(=O)[C@H]1C(=O)N2c3ccccc3CO[C@@H]2C[C@@H]1c1ccc(OC)cc1. The molecule has 2 aromatic rings. The molecule has 140 valence electrons. The van der Waals surface area contributed by atoms with Gasteiger partial charge in [-0.1, -0.05) is 30.3 Å². The summed E-state index contributed by atoms with van der Waals surface area (Å²) in [4.78, 5) is 27.5. The highest BCUT2D eigenvalue weighted by atomic mass is 16.5. The van der Waals surface area contributed by atoms with Crippen molar-refractivity contribution in [2.24, 2.45) is 5.92 Å². The molecule has 27 heavy (non-hydrogen) atoms. The number of benzene rings is 2. The van der Waals surface area contributed by atoms with Crippen molar-refractivity contribution in [1.82, 2.24) is 0 Å². The lowest BCUT2D eigenvalue weighted by Crippen LogP contribution is -2.56. The molecule has 0 aromatic heterocycles. The molecule has 0 bridgehead atoms. The molecule has 0 spiro atoms. The maximum Gasteiger partial charge on any atom is 0.318 e. The molecule has 4 rings (SSSR count).